The molecule has 1 aromatic carbocycles. The molecule has 1 aromatic rings. The molecule has 3 heteroatoms. The molecule has 0 saturated carbocycles. The highest BCUT2D eigenvalue weighted by atomic mass is 79.9. The van der Waals surface area contributed by atoms with Gasteiger partial charge >= 0.3 is 0 Å². The zero-order chi connectivity index (χ0) is 9.30. The van der Waals surface area contributed by atoms with E-state index in [4.69, 9.17) is 0 Å². The standard InChI is InChI=1S/C9H8BrF2/c1-5(2)9-7(11)3-6(10)4-8(9)12/h3-4H,1-2H3. The fourth-order valence-corrected chi connectivity index (χ4v) is 1.42. The summed E-state index contributed by atoms with van der Waals surface area (Å²) in [6, 6.07) is 2.51. The zero-order valence-corrected chi connectivity index (χ0v) is 8.37. The van der Waals surface area contributed by atoms with Gasteiger partial charge in [0.25, 0.3) is 0 Å². The molecule has 0 saturated heterocycles. The summed E-state index contributed by atoms with van der Waals surface area (Å²) in [5.74, 6) is -0.416. The minimum absolute atomic E-state index is 0.0678. The van der Waals surface area contributed by atoms with Crippen molar-refractivity contribution in [1.29, 1.82) is 0 Å². The van der Waals surface area contributed by atoms with Crippen LogP contribution in [0, 0.1) is 17.6 Å². The molecule has 0 heterocycles. The average molecular weight is 234 g/mol. The van der Waals surface area contributed by atoms with Crippen LogP contribution in [0.25, 0.3) is 0 Å². The van der Waals surface area contributed by atoms with Crippen LogP contribution in [0.15, 0.2) is 16.6 Å². The maximum Gasteiger partial charge on any atom is 0.131 e. The summed E-state index contributed by atoms with van der Waals surface area (Å²) in [6.45, 7) is 3.35. The van der Waals surface area contributed by atoms with Crippen LogP contribution in [0.3, 0.4) is 0 Å². The lowest BCUT2D eigenvalue weighted by Crippen LogP contribution is -1.98. The van der Waals surface area contributed by atoms with Crippen molar-refractivity contribution in [1.82, 2.24) is 0 Å². The highest BCUT2D eigenvalue weighted by Crippen LogP contribution is 2.24. The first-order valence-electron chi connectivity index (χ1n) is 3.47. The lowest BCUT2D eigenvalue weighted by Gasteiger charge is -2.07. The van der Waals surface area contributed by atoms with Crippen LogP contribution < -0.4 is 0 Å². The Labute approximate surface area is 78.7 Å². The van der Waals surface area contributed by atoms with Crippen LogP contribution in [-0.2, 0) is 0 Å². The van der Waals surface area contributed by atoms with Gasteiger partial charge in [-0.3, -0.25) is 0 Å². The van der Waals surface area contributed by atoms with Gasteiger partial charge in [-0.05, 0) is 12.1 Å². The lowest BCUT2D eigenvalue weighted by atomic mass is 10.0. The van der Waals surface area contributed by atoms with Gasteiger partial charge in [0.05, 0.1) is 0 Å². The highest BCUT2D eigenvalue weighted by molar-refractivity contribution is 9.10. The Kier molecular flexibility index (Phi) is 2.83. The molecule has 0 aromatic heterocycles. The molecule has 1 radical (unpaired) electrons. The number of hydrogen-bond donors (Lipinski definition) is 0. The van der Waals surface area contributed by atoms with Crippen LogP contribution in [0.2, 0.25) is 0 Å². The number of benzene rings is 1. The Morgan fingerprint density at radius 3 is 1.92 bits per heavy atom. The maximum atomic E-state index is 13.1. The first-order valence-corrected chi connectivity index (χ1v) is 4.26. The van der Waals surface area contributed by atoms with Gasteiger partial charge in [0.1, 0.15) is 11.6 Å². The van der Waals surface area contributed by atoms with Crippen molar-refractivity contribution in [2.45, 2.75) is 13.8 Å². The predicted octanol–water partition coefficient (Wildman–Crippen LogP) is 3.69. The van der Waals surface area contributed by atoms with E-state index in [0.29, 0.717) is 10.4 Å². The van der Waals surface area contributed by atoms with E-state index in [1.54, 1.807) is 13.8 Å². The summed E-state index contributed by atoms with van der Waals surface area (Å²) < 4.78 is 26.6. The van der Waals surface area contributed by atoms with E-state index >= 15 is 0 Å². The second-order valence-electron chi connectivity index (χ2n) is 2.74. The predicted molar refractivity (Wildman–Crippen MR) is 47.8 cm³/mol. The average Bonchev–Trinajstić information content (AvgIpc) is 1.82. The van der Waals surface area contributed by atoms with Gasteiger partial charge in [0, 0.05) is 16.0 Å². The summed E-state index contributed by atoms with van der Waals surface area (Å²) in [7, 11) is 0. The summed E-state index contributed by atoms with van der Waals surface area (Å²) in [6.07, 6.45) is 0. The monoisotopic (exact) mass is 233 g/mol. The van der Waals surface area contributed by atoms with E-state index in [0.717, 1.165) is 0 Å². The van der Waals surface area contributed by atoms with E-state index in [1.807, 2.05) is 0 Å². The number of rotatable bonds is 1. The molecule has 0 bridgehead atoms. The van der Waals surface area contributed by atoms with Crippen molar-refractivity contribution >= 4 is 15.9 Å². The maximum absolute atomic E-state index is 13.1. The molecule has 0 atom stereocenters. The molecule has 0 unspecified atom stereocenters. The molecule has 0 N–H and O–H groups in total. The molecule has 0 aliphatic heterocycles. The van der Waals surface area contributed by atoms with E-state index < -0.39 is 11.6 Å². The molecule has 0 nitrogen and oxygen atoms in total. The van der Waals surface area contributed by atoms with E-state index in [1.165, 1.54) is 12.1 Å². The largest absolute Gasteiger partial charge is 0.207 e. The number of halogens is 3. The molecular formula is C9H8BrF2. The van der Waals surface area contributed by atoms with E-state index in [-0.39, 0.29) is 5.56 Å². The second-order valence-corrected chi connectivity index (χ2v) is 3.66. The van der Waals surface area contributed by atoms with Crippen molar-refractivity contribution in [3.8, 4) is 0 Å². The Morgan fingerprint density at radius 1 is 1.17 bits per heavy atom. The third-order valence-electron chi connectivity index (χ3n) is 1.51. The van der Waals surface area contributed by atoms with Gasteiger partial charge in [-0.2, -0.15) is 0 Å². The molecule has 0 aliphatic carbocycles. The van der Waals surface area contributed by atoms with Crippen LogP contribution in [0.4, 0.5) is 8.78 Å². The normalized spacial score (nSPS) is 10.8. The van der Waals surface area contributed by atoms with Gasteiger partial charge < -0.3 is 0 Å². The molecule has 0 spiro atoms. The van der Waals surface area contributed by atoms with Crippen molar-refractivity contribution in [2.75, 3.05) is 0 Å². The highest BCUT2D eigenvalue weighted by Gasteiger charge is 2.13. The minimum atomic E-state index is -0.526. The second kappa shape index (κ2) is 3.52. The number of hydrogen-bond acceptors (Lipinski definition) is 0. The quantitative estimate of drug-likeness (QED) is 0.695. The third-order valence-corrected chi connectivity index (χ3v) is 1.96. The first kappa shape index (κ1) is 9.65. The Bertz CT molecular complexity index is 272. The SMILES string of the molecule is C[C](C)c1c(F)cc(Br)cc1F. The Hall–Kier alpha value is -0.440. The van der Waals surface area contributed by atoms with Crippen LogP contribution in [0.5, 0.6) is 0 Å². The minimum Gasteiger partial charge on any atom is -0.207 e. The van der Waals surface area contributed by atoms with Crippen LogP contribution >= 0.6 is 15.9 Å². The van der Waals surface area contributed by atoms with Crippen molar-refractivity contribution in [3.63, 3.8) is 0 Å². The summed E-state index contributed by atoms with van der Waals surface area (Å²) >= 11 is 3.01. The molecular weight excluding hydrogens is 226 g/mol. The third kappa shape index (κ3) is 1.83. The Morgan fingerprint density at radius 2 is 1.58 bits per heavy atom. The van der Waals surface area contributed by atoms with Crippen LogP contribution in [0.1, 0.15) is 19.4 Å². The molecule has 1 rings (SSSR count). The molecule has 12 heavy (non-hydrogen) atoms. The van der Waals surface area contributed by atoms with Gasteiger partial charge in [0.15, 0.2) is 0 Å². The van der Waals surface area contributed by atoms with Gasteiger partial charge in [0.2, 0.25) is 0 Å². The first-order chi connectivity index (χ1) is 5.52. The van der Waals surface area contributed by atoms with Crippen molar-refractivity contribution < 1.29 is 8.78 Å². The fourth-order valence-electron chi connectivity index (χ4n) is 1.02. The van der Waals surface area contributed by atoms with Gasteiger partial charge in [-0.1, -0.05) is 29.8 Å². The summed E-state index contributed by atoms with van der Waals surface area (Å²) in [4.78, 5) is 0. The topological polar surface area (TPSA) is 0 Å². The molecule has 0 amide bonds. The summed E-state index contributed by atoms with van der Waals surface area (Å²) in [5.41, 5.74) is 0.0678. The zero-order valence-electron chi connectivity index (χ0n) is 6.79. The van der Waals surface area contributed by atoms with E-state index in [9.17, 15) is 8.78 Å². The Balaban J connectivity index is 3.28. The van der Waals surface area contributed by atoms with Gasteiger partial charge in [-0.25, -0.2) is 8.78 Å². The van der Waals surface area contributed by atoms with Crippen LogP contribution in [-0.4, -0.2) is 0 Å². The lowest BCUT2D eigenvalue weighted by molar-refractivity contribution is 0.563. The van der Waals surface area contributed by atoms with Crippen molar-refractivity contribution in [2.24, 2.45) is 0 Å². The van der Waals surface area contributed by atoms with Gasteiger partial charge in [-0.15, -0.1) is 0 Å². The molecule has 0 aliphatic rings. The fraction of sp³-hybridized carbons (Fsp3) is 0.222. The molecule has 65 valence electrons. The molecule has 0 fully saturated rings. The summed E-state index contributed by atoms with van der Waals surface area (Å²) in [5, 5.41) is 0. The van der Waals surface area contributed by atoms with E-state index in [2.05, 4.69) is 15.9 Å². The smallest absolute Gasteiger partial charge is 0.131 e. The van der Waals surface area contributed by atoms with Crippen molar-refractivity contribution in [3.05, 3.63) is 39.7 Å².